The molecule has 0 aromatic heterocycles. The largest absolute Gasteiger partial charge is 0.508 e. The van der Waals surface area contributed by atoms with Crippen LogP contribution in [0.5, 0.6) is 17.2 Å². The molecule has 0 heterocycles. The van der Waals surface area contributed by atoms with Crippen LogP contribution in [-0.2, 0) is 9.84 Å². The zero-order valence-electron chi connectivity index (χ0n) is 14.2. The molecule has 0 fully saturated rings. The maximum Gasteiger partial charge on any atom is 0.270 e. The molecule has 0 amide bonds. The monoisotopic (exact) mass is 385 g/mol. The van der Waals surface area contributed by atoms with Gasteiger partial charge in [-0.3, -0.25) is 10.1 Å². The first-order valence-corrected chi connectivity index (χ1v) is 9.69. The maximum absolute atomic E-state index is 11.6. The lowest BCUT2D eigenvalue weighted by atomic mass is 10.0. The fourth-order valence-electron chi connectivity index (χ4n) is 2.47. The van der Waals surface area contributed by atoms with Crippen LogP contribution in [0.15, 0.2) is 71.6 Å². The van der Waals surface area contributed by atoms with Crippen molar-refractivity contribution in [2.75, 3.05) is 6.26 Å². The number of sulfone groups is 1. The van der Waals surface area contributed by atoms with E-state index in [1.807, 2.05) is 0 Å². The lowest BCUT2D eigenvalue weighted by molar-refractivity contribution is -0.384. The van der Waals surface area contributed by atoms with Crippen LogP contribution in [0.25, 0.3) is 11.1 Å². The highest BCUT2D eigenvalue weighted by atomic mass is 32.2. The molecule has 0 saturated heterocycles. The second kappa shape index (κ2) is 7.08. The number of ether oxygens (including phenoxy) is 1. The summed E-state index contributed by atoms with van der Waals surface area (Å²) in [6.07, 6.45) is 1.11. The molecule has 3 aromatic carbocycles. The number of nitro benzene ring substituents is 1. The van der Waals surface area contributed by atoms with Crippen molar-refractivity contribution in [1.29, 1.82) is 0 Å². The van der Waals surface area contributed by atoms with Crippen LogP contribution in [0, 0.1) is 10.1 Å². The summed E-state index contributed by atoms with van der Waals surface area (Å²) < 4.78 is 29.0. The molecule has 0 aliphatic carbocycles. The lowest BCUT2D eigenvalue weighted by Crippen LogP contribution is -1.97. The molecule has 3 rings (SSSR count). The summed E-state index contributed by atoms with van der Waals surface area (Å²) in [4.78, 5) is 10.8. The van der Waals surface area contributed by atoms with Crippen molar-refractivity contribution >= 4 is 15.5 Å². The van der Waals surface area contributed by atoms with Crippen molar-refractivity contribution < 1.29 is 23.2 Å². The number of hydrogen-bond acceptors (Lipinski definition) is 6. The number of aromatic hydroxyl groups is 1. The fourth-order valence-corrected chi connectivity index (χ4v) is 3.10. The van der Waals surface area contributed by atoms with Crippen LogP contribution in [0.3, 0.4) is 0 Å². The predicted octanol–water partition coefficient (Wildman–Crippen LogP) is 4.16. The molecule has 0 spiro atoms. The normalized spacial score (nSPS) is 11.1. The van der Waals surface area contributed by atoms with E-state index in [0.717, 1.165) is 6.26 Å². The van der Waals surface area contributed by atoms with Crippen LogP contribution in [0.1, 0.15) is 0 Å². The van der Waals surface area contributed by atoms with Crippen molar-refractivity contribution in [2.24, 2.45) is 0 Å². The number of phenols is 1. The summed E-state index contributed by atoms with van der Waals surface area (Å²) in [7, 11) is -3.35. The molecule has 0 aliphatic rings. The Kier molecular flexibility index (Phi) is 4.83. The number of nitro groups is 1. The van der Waals surface area contributed by atoms with E-state index in [1.165, 1.54) is 42.5 Å². The van der Waals surface area contributed by atoms with E-state index < -0.39 is 14.8 Å². The third kappa shape index (κ3) is 4.24. The smallest absolute Gasteiger partial charge is 0.270 e. The van der Waals surface area contributed by atoms with E-state index in [0.29, 0.717) is 22.6 Å². The Hall–Kier alpha value is -3.39. The summed E-state index contributed by atoms with van der Waals surface area (Å²) in [5.41, 5.74) is 0.896. The zero-order valence-corrected chi connectivity index (χ0v) is 15.0. The van der Waals surface area contributed by atoms with Crippen LogP contribution in [0.4, 0.5) is 5.69 Å². The van der Waals surface area contributed by atoms with Gasteiger partial charge >= 0.3 is 0 Å². The van der Waals surface area contributed by atoms with Crippen molar-refractivity contribution in [3.05, 3.63) is 76.8 Å². The Labute approximate surface area is 155 Å². The average Bonchev–Trinajstić information content (AvgIpc) is 2.63. The molecule has 0 radical (unpaired) electrons. The van der Waals surface area contributed by atoms with Gasteiger partial charge in [0, 0.05) is 24.0 Å². The number of benzene rings is 3. The molecular weight excluding hydrogens is 370 g/mol. The van der Waals surface area contributed by atoms with Crippen LogP contribution >= 0.6 is 0 Å². The number of hydrogen-bond donors (Lipinski definition) is 1. The first kappa shape index (κ1) is 18.4. The quantitative estimate of drug-likeness (QED) is 0.522. The van der Waals surface area contributed by atoms with Gasteiger partial charge in [-0.15, -0.1) is 0 Å². The number of nitrogens with zero attached hydrogens (tertiary/aromatic N) is 1. The van der Waals surface area contributed by atoms with Gasteiger partial charge in [0.25, 0.3) is 5.69 Å². The van der Waals surface area contributed by atoms with Gasteiger partial charge in [0.15, 0.2) is 9.84 Å². The Morgan fingerprint density at radius 3 is 2.15 bits per heavy atom. The standard InChI is InChI=1S/C19H15NO6S/c1-27(24,25)17-9-2-13(3-10-17)18-12-14(20(22)23)4-11-19(18)26-16-7-5-15(21)6-8-16/h2-12,21H,1H3. The van der Waals surface area contributed by atoms with Gasteiger partial charge in [-0.05, 0) is 48.0 Å². The Morgan fingerprint density at radius 1 is 0.963 bits per heavy atom. The topological polar surface area (TPSA) is 107 Å². The number of rotatable bonds is 5. The van der Waals surface area contributed by atoms with Gasteiger partial charge in [0.2, 0.25) is 0 Å². The molecule has 27 heavy (non-hydrogen) atoms. The van der Waals surface area contributed by atoms with Gasteiger partial charge < -0.3 is 9.84 Å². The first-order valence-electron chi connectivity index (χ1n) is 7.80. The van der Waals surface area contributed by atoms with Crippen molar-refractivity contribution in [3.63, 3.8) is 0 Å². The SMILES string of the molecule is CS(=O)(=O)c1ccc(-c2cc([N+](=O)[O-])ccc2Oc2ccc(O)cc2)cc1. The third-order valence-electron chi connectivity index (χ3n) is 3.83. The maximum atomic E-state index is 11.6. The molecule has 7 nitrogen and oxygen atoms in total. The summed E-state index contributed by atoms with van der Waals surface area (Å²) in [5, 5.41) is 20.5. The average molecular weight is 385 g/mol. The summed E-state index contributed by atoms with van der Waals surface area (Å²) >= 11 is 0. The van der Waals surface area contributed by atoms with E-state index in [9.17, 15) is 23.6 Å². The molecule has 1 N–H and O–H groups in total. The van der Waals surface area contributed by atoms with Crippen LogP contribution in [0.2, 0.25) is 0 Å². The van der Waals surface area contributed by atoms with Crippen molar-refractivity contribution in [3.8, 4) is 28.4 Å². The van der Waals surface area contributed by atoms with Crippen LogP contribution < -0.4 is 4.74 Å². The Balaban J connectivity index is 2.06. The van der Waals surface area contributed by atoms with Gasteiger partial charge in [-0.1, -0.05) is 12.1 Å². The highest BCUT2D eigenvalue weighted by Gasteiger charge is 2.15. The molecule has 0 unspecified atom stereocenters. The van der Waals surface area contributed by atoms with Gasteiger partial charge in [-0.25, -0.2) is 8.42 Å². The molecule has 138 valence electrons. The zero-order chi connectivity index (χ0) is 19.6. The minimum Gasteiger partial charge on any atom is -0.508 e. The molecule has 0 atom stereocenters. The molecular formula is C19H15NO6S. The van der Waals surface area contributed by atoms with E-state index in [2.05, 4.69) is 0 Å². The summed E-state index contributed by atoms with van der Waals surface area (Å²) in [6.45, 7) is 0. The summed E-state index contributed by atoms with van der Waals surface area (Å²) in [5.74, 6) is 0.886. The fraction of sp³-hybridized carbons (Fsp3) is 0.0526. The molecule has 0 aliphatic heterocycles. The van der Waals surface area contributed by atoms with Gasteiger partial charge in [0.05, 0.1) is 9.82 Å². The second-order valence-corrected chi connectivity index (χ2v) is 7.85. The highest BCUT2D eigenvalue weighted by molar-refractivity contribution is 7.90. The minimum absolute atomic E-state index is 0.0858. The molecule has 0 bridgehead atoms. The Bertz CT molecular complexity index is 1090. The molecule has 8 heteroatoms. The van der Waals surface area contributed by atoms with E-state index >= 15 is 0 Å². The van der Waals surface area contributed by atoms with E-state index in [-0.39, 0.29) is 16.3 Å². The highest BCUT2D eigenvalue weighted by Crippen LogP contribution is 2.36. The second-order valence-electron chi connectivity index (χ2n) is 5.83. The molecule has 3 aromatic rings. The van der Waals surface area contributed by atoms with E-state index in [4.69, 9.17) is 4.74 Å². The first-order chi connectivity index (χ1) is 12.7. The number of non-ortho nitro benzene ring substituents is 1. The molecule has 0 saturated carbocycles. The predicted molar refractivity (Wildman–Crippen MR) is 99.8 cm³/mol. The van der Waals surface area contributed by atoms with Gasteiger partial charge in [-0.2, -0.15) is 0 Å². The van der Waals surface area contributed by atoms with Crippen molar-refractivity contribution in [2.45, 2.75) is 4.90 Å². The van der Waals surface area contributed by atoms with Crippen molar-refractivity contribution in [1.82, 2.24) is 0 Å². The van der Waals surface area contributed by atoms with E-state index in [1.54, 1.807) is 24.3 Å². The number of phenolic OH excluding ortho intramolecular Hbond substituents is 1. The summed E-state index contributed by atoms with van der Waals surface area (Å²) in [6, 6.07) is 16.2. The van der Waals surface area contributed by atoms with Crippen LogP contribution in [-0.4, -0.2) is 24.7 Å². The Morgan fingerprint density at radius 2 is 1.59 bits per heavy atom. The lowest BCUT2D eigenvalue weighted by Gasteiger charge is -2.12. The van der Waals surface area contributed by atoms with Gasteiger partial charge in [0.1, 0.15) is 17.2 Å². The third-order valence-corrected chi connectivity index (χ3v) is 4.96. The minimum atomic E-state index is -3.35.